The SMILES string of the molecule is Cc1cc(O)cc(O)c1CN1CCc2nc(-c3cccs3)[nH]c(=O)c2C1. The fraction of sp³-hybridized carbons (Fsp3) is 0.263. The minimum atomic E-state index is -0.102. The Morgan fingerprint density at radius 3 is 2.92 bits per heavy atom. The molecule has 26 heavy (non-hydrogen) atoms. The summed E-state index contributed by atoms with van der Waals surface area (Å²) in [6.45, 7) is 3.62. The van der Waals surface area contributed by atoms with E-state index >= 15 is 0 Å². The first-order valence-electron chi connectivity index (χ1n) is 8.41. The number of fused-ring (bicyclic) bond motifs is 1. The zero-order valence-electron chi connectivity index (χ0n) is 14.3. The average Bonchev–Trinajstić information content (AvgIpc) is 3.13. The molecule has 1 aliphatic rings. The van der Waals surface area contributed by atoms with Gasteiger partial charge < -0.3 is 15.2 Å². The average molecular weight is 369 g/mol. The molecule has 0 fully saturated rings. The monoisotopic (exact) mass is 369 g/mol. The van der Waals surface area contributed by atoms with Crippen molar-refractivity contribution in [1.29, 1.82) is 0 Å². The zero-order chi connectivity index (χ0) is 18.3. The Kier molecular flexibility index (Phi) is 4.26. The summed E-state index contributed by atoms with van der Waals surface area (Å²) in [7, 11) is 0. The molecular weight excluding hydrogens is 350 g/mol. The largest absolute Gasteiger partial charge is 0.508 e. The van der Waals surface area contributed by atoms with E-state index in [-0.39, 0.29) is 17.1 Å². The van der Waals surface area contributed by atoms with Crippen LogP contribution in [0.2, 0.25) is 0 Å². The van der Waals surface area contributed by atoms with Crippen LogP contribution < -0.4 is 5.56 Å². The molecule has 3 aromatic rings. The van der Waals surface area contributed by atoms with E-state index in [1.807, 2.05) is 24.4 Å². The number of hydrogen-bond acceptors (Lipinski definition) is 6. The normalized spacial score (nSPS) is 14.3. The van der Waals surface area contributed by atoms with Gasteiger partial charge >= 0.3 is 0 Å². The van der Waals surface area contributed by atoms with Crippen molar-refractivity contribution in [1.82, 2.24) is 14.9 Å². The molecule has 0 atom stereocenters. The van der Waals surface area contributed by atoms with Gasteiger partial charge in [-0.3, -0.25) is 9.69 Å². The minimum absolute atomic E-state index is 0.0505. The van der Waals surface area contributed by atoms with Crippen molar-refractivity contribution in [3.63, 3.8) is 0 Å². The molecule has 0 saturated heterocycles. The maximum Gasteiger partial charge on any atom is 0.255 e. The van der Waals surface area contributed by atoms with Crippen molar-refractivity contribution in [3.8, 4) is 22.2 Å². The number of nitrogens with one attached hydrogen (secondary N) is 1. The number of aryl methyl sites for hydroxylation is 1. The first-order valence-corrected chi connectivity index (χ1v) is 9.29. The van der Waals surface area contributed by atoms with Gasteiger partial charge in [-0.1, -0.05) is 6.07 Å². The predicted octanol–water partition coefficient (Wildman–Crippen LogP) is 2.78. The summed E-state index contributed by atoms with van der Waals surface area (Å²) in [5, 5.41) is 21.7. The van der Waals surface area contributed by atoms with Gasteiger partial charge in [0.15, 0.2) is 5.82 Å². The van der Waals surface area contributed by atoms with Gasteiger partial charge in [0.1, 0.15) is 11.5 Å². The summed E-state index contributed by atoms with van der Waals surface area (Å²) in [6.07, 6.45) is 0.690. The highest BCUT2D eigenvalue weighted by Crippen LogP contribution is 2.29. The molecule has 0 saturated carbocycles. The van der Waals surface area contributed by atoms with Crippen LogP contribution in [0.4, 0.5) is 0 Å². The van der Waals surface area contributed by atoms with E-state index in [0.29, 0.717) is 30.9 Å². The third-order valence-electron chi connectivity index (χ3n) is 4.72. The van der Waals surface area contributed by atoms with E-state index in [2.05, 4.69) is 14.9 Å². The zero-order valence-corrected chi connectivity index (χ0v) is 15.1. The lowest BCUT2D eigenvalue weighted by Gasteiger charge is -2.28. The molecule has 134 valence electrons. The van der Waals surface area contributed by atoms with E-state index in [1.165, 1.54) is 6.07 Å². The predicted molar refractivity (Wildman–Crippen MR) is 100 cm³/mol. The summed E-state index contributed by atoms with van der Waals surface area (Å²) < 4.78 is 0. The molecule has 7 heteroatoms. The summed E-state index contributed by atoms with van der Waals surface area (Å²) in [5.74, 6) is 0.757. The van der Waals surface area contributed by atoms with Gasteiger partial charge in [-0.15, -0.1) is 11.3 Å². The number of thiophene rings is 1. The van der Waals surface area contributed by atoms with Crippen molar-refractivity contribution in [3.05, 3.63) is 62.4 Å². The number of phenols is 2. The van der Waals surface area contributed by atoms with E-state index in [1.54, 1.807) is 17.4 Å². The Balaban J connectivity index is 1.60. The molecule has 3 heterocycles. The minimum Gasteiger partial charge on any atom is -0.508 e. The Morgan fingerprint density at radius 1 is 1.35 bits per heavy atom. The van der Waals surface area contributed by atoms with Gasteiger partial charge in [0.25, 0.3) is 5.56 Å². The number of aromatic nitrogens is 2. The molecule has 1 aliphatic heterocycles. The van der Waals surface area contributed by atoms with Crippen molar-refractivity contribution >= 4 is 11.3 Å². The number of phenolic OH excluding ortho intramolecular Hbond substituents is 2. The lowest BCUT2D eigenvalue weighted by molar-refractivity contribution is 0.238. The molecule has 6 nitrogen and oxygen atoms in total. The molecule has 4 rings (SSSR count). The van der Waals surface area contributed by atoms with Crippen LogP contribution in [-0.2, 0) is 19.5 Å². The van der Waals surface area contributed by atoms with Gasteiger partial charge in [0, 0.05) is 37.7 Å². The molecule has 0 amide bonds. The van der Waals surface area contributed by atoms with Crippen LogP contribution in [0.3, 0.4) is 0 Å². The second-order valence-corrected chi connectivity index (χ2v) is 7.49. The second-order valence-electron chi connectivity index (χ2n) is 6.54. The molecule has 1 aromatic carbocycles. The number of nitrogens with zero attached hydrogens (tertiary/aromatic N) is 2. The Labute approximate surface area is 154 Å². The van der Waals surface area contributed by atoms with Crippen LogP contribution in [0, 0.1) is 6.92 Å². The van der Waals surface area contributed by atoms with E-state index < -0.39 is 0 Å². The smallest absolute Gasteiger partial charge is 0.255 e. The number of rotatable bonds is 3. The summed E-state index contributed by atoms with van der Waals surface area (Å²) in [6, 6.07) is 6.87. The van der Waals surface area contributed by atoms with Crippen molar-refractivity contribution < 1.29 is 10.2 Å². The molecule has 0 bridgehead atoms. The van der Waals surface area contributed by atoms with Gasteiger partial charge in [0.2, 0.25) is 0 Å². The number of H-pyrrole nitrogens is 1. The molecule has 0 radical (unpaired) electrons. The van der Waals surface area contributed by atoms with E-state index in [0.717, 1.165) is 28.2 Å². The first-order chi connectivity index (χ1) is 12.5. The number of aromatic amines is 1. The molecule has 2 aromatic heterocycles. The Hall–Kier alpha value is -2.64. The van der Waals surface area contributed by atoms with E-state index in [9.17, 15) is 15.0 Å². The molecule has 0 aliphatic carbocycles. The molecular formula is C19H19N3O3S. The van der Waals surface area contributed by atoms with Crippen molar-refractivity contribution in [2.24, 2.45) is 0 Å². The van der Waals surface area contributed by atoms with E-state index in [4.69, 9.17) is 0 Å². The molecule has 0 unspecified atom stereocenters. The Morgan fingerprint density at radius 2 is 2.19 bits per heavy atom. The van der Waals surface area contributed by atoms with Crippen LogP contribution >= 0.6 is 11.3 Å². The van der Waals surface area contributed by atoms with Gasteiger partial charge in [-0.2, -0.15) is 0 Å². The highest BCUT2D eigenvalue weighted by Gasteiger charge is 2.23. The third kappa shape index (κ3) is 3.11. The summed E-state index contributed by atoms with van der Waals surface area (Å²) in [5.41, 5.74) is 3.03. The highest BCUT2D eigenvalue weighted by atomic mass is 32.1. The number of aromatic hydroxyl groups is 2. The van der Waals surface area contributed by atoms with Gasteiger partial charge in [-0.25, -0.2) is 4.98 Å². The maximum absolute atomic E-state index is 12.6. The molecule has 3 N–H and O–H groups in total. The fourth-order valence-electron chi connectivity index (χ4n) is 3.36. The fourth-order valence-corrected chi connectivity index (χ4v) is 4.02. The second kappa shape index (κ2) is 6.59. The lowest BCUT2D eigenvalue weighted by atomic mass is 10.0. The van der Waals surface area contributed by atoms with Gasteiger partial charge in [-0.05, 0) is 30.0 Å². The first kappa shape index (κ1) is 16.8. The van der Waals surface area contributed by atoms with Crippen LogP contribution in [-0.4, -0.2) is 31.6 Å². The van der Waals surface area contributed by atoms with Crippen molar-refractivity contribution in [2.45, 2.75) is 26.4 Å². The quantitative estimate of drug-likeness (QED) is 0.661. The van der Waals surface area contributed by atoms with Crippen LogP contribution in [0.1, 0.15) is 22.4 Å². The molecule has 0 spiro atoms. The highest BCUT2D eigenvalue weighted by molar-refractivity contribution is 7.13. The maximum atomic E-state index is 12.6. The Bertz CT molecular complexity index is 988. The topological polar surface area (TPSA) is 89.4 Å². The van der Waals surface area contributed by atoms with Gasteiger partial charge in [0.05, 0.1) is 16.1 Å². The third-order valence-corrected chi connectivity index (χ3v) is 5.59. The van der Waals surface area contributed by atoms with Crippen LogP contribution in [0.25, 0.3) is 10.7 Å². The standard InChI is InChI=1S/C19H19N3O3S/c1-11-7-12(23)8-16(24)13(11)9-22-5-4-15-14(10-22)19(25)21-18(20-15)17-3-2-6-26-17/h2-3,6-8,23-24H,4-5,9-10H2,1H3,(H,20,21,25). The number of benzene rings is 1. The summed E-state index contributed by atoms with van der Waals surface area (Å²) in [4.78, 5) is 23.2. The van der Waals surface area contributed by atoms with Crippen LogP contribution in [0.15, 0.2) is 34.4 Å². The number of hydrogen-bond donors (Lipinski definition) is 3. The van der Waals surface area contributed by atoms with Crippen molar-refractivity contribution in [2.75, 3.05) is 6.54 Å². The summed E-state index contributed by atoms with van der Waals surface area (Å²) >= 11 is 1.55. The van der Waals surface area contributed by atoms with Crippen LogP contribution in [0.5, 0.6) is 11.5 Å². The lowest BCUT2D eigenvalue weighted by Crippen LogP contribution is -2.35.